The zero-order valence-corrected chi connectivity index (χ0v) is 10.0. The molecular formula is C11H13N3O2S. The van der Waals surface area contributed by atoms with E-state index in [0.29, 0.717) is 12.4 Å². The largest absolute Gasteiger partial charge is 0.464 e. The molecule has 2 aromatic rings. The molecule has 0 radical (unpaired) electrons. The molecule has 6 heteroatoms. The highest BCUT2D eigenvalue weighted by Crippen LogP contribution is 2.08. The van der Waals surface area contributed by atoms with E-state index in [9.17, 15) is 4.79 Å². The number of nitrogen functional groups attached to an aromatic ring is 1. The number of carbonyl (C=O) groups is 1. The van der Waals surface area contributed by atoms with Gasteiger partial charge in [-0.2, -0.15) is 5.10 Å². The highest BCUT2D eigenvalue weighted by Gasteiger charge is 2.05. The molecule has 0 spiro atoms. The first-order valence-electron chi connectivity index (χ1n) is 5.21. The van der Waals surface area contributed by atoms with E-state index < -0.39 is 0 Å². The third-order valence-electron chi connectivity index (χ3n) is 2.14. The number of esters is 1. The van der Waals surface area contributed by atoms with E-state index >= 15 is 0 Å². The quantitative estimate of drug-likeness (QED) is 0.813. The highest BCUT2D eigenvalue weighted by atomic mass is 32.1. The standard InChI is InChI=1S/C11H13N3O2S/c12-10-3-5-14(13-10)8-11(15)16-6-4-9-2-1-7-17-9/h1-3,5,7H,4,6,8H2,(H2,12,13). The molecule has 0 atom stereocenters. The zero-order valence-electron chi connectivity index (χ0n) is 9.20. The van der Waals surface area contributed by atoms with Crippen LogP contribution in [0.25, 0.3) is 0 Å². The van der Waals surface area contributed by atoms with Crippen LogP contribution in [0, 0.1) is 0 Å². The Morgan fingerprint density at radius 2 is 2.41 bits per heavy atom. The summed E-state index contributed by atoms with van der Waals surface area (Å²) in [5.41, 5.74) is 5.44. The minimum absolute atomic E-state index is 0.0988. The minimum Gasteiger partial charge on any atom is -0.464 e. The van der Waals surface area contributed by atoms with Gasteiger partial charge in [0.05, 0.1) is 6.61 Å². The molecule has 2 heterocycles. The summed E-state index contributed by atoms with van der Waals surface area (Å²) < 4.78 is 6.56. The molecule has 2 N–H and O–H groups in total. The van der Waals surface area contributed by atoms with Gasteiger partial charge in [-0.25, -0.2) is 0 Å². The van der Waals surface area contributed by atoms with Crippen LogP contribution in [0.2, 0.25) is 0 Å². The van der Waals surface area contributed by atoms with Crippen molar-refractivity contribution in [2.75, 3.05) is 12.3 Å². The van der Waals surface area contributed by atoms with Gasteiger partial charge in [0.25, 0.3) is 0 Å². The second-order valence-corrected chi connectivity index (χ2v) is 4.52. The molecule has 0 aromatic carbocycles. The molecule has 17 heavy (non-hydrogen) atoms. The number of thiophene rings is 1. The van der Waals surface area contributed by atoms with Gasteiger partial charge < -0.3 is 10.5 Å². The Labute approximate surface area is 103 Å². The van der Waals surface area contributed by atoms with Gasteiger partial charge in [0, 0.05) is 17.5 Å². The Bertz CT molecular complexity index is 479. The van der Waals surface area contributed by atoms with Crippen molar-refractivity contribution in [1.29, 1.82) is 0 Å². The number of anilines is 1. The van der Waals surface area contributed by atoms with E-state index in [0.717, 1.165) is 6.42 Å². The average Bonchev–Trinajstić information content (AvgIpc) is 2.90. The monoisotopic (exact) mass is 251 g/mol. The predicted octanol–water partition coefficient (Wildman–Crippen LogP) is 1.31. The number of nitrogens with two attached hydrogens (primary N) is 1. The first-order chi connectivity index (χ1) is 8.24. The van der Waals surface area contributed by atoms with Crippen molar-refractivity contribution in [1.82, 2.24) is 9.78 Å². The number of carbonyl (C=O) groups excluding carboxylic acids is 1. The summed E-state index contributed by atoms with van der Waals surface area (Å²) in [6, 6.07) is 5.64. The molecule has 0 saturated carbocycles. The maximum atomic E-state index is 11.4. The topological polar surface area (TPSA) is 70.1 Å². The van der Waals surface area contributed by atoms with Gasteiger partial charge in [-0.3, -0.25) is 9.48 Å². The van der Waals surface area contributed by atoms with Gasteiger partial charge in [0.2, 0.25) is 0 Å². The second-order valence-electron chi connectivity index (χ2n) is 3.49. The maximum Gasteiger partial charge on any atom is 0.327 e. The van der Waals surface area contributed by atoms with Crippen LogP contribution in [0.1, 0.15) is 4.88 Å². The Morgan fingerprint density at radius 3 is 3.06 bits per heavy atom. The van der Waals surface area contributed by atoms with E-state index in [2.05, 4.69) is 5.10 Å². The smallest absolute Gasteiger partial charge is 0.327 e. The third-order valence-corrected chi connectivity index (χ3v) is 3.08. The van der Waals surface area contributed by atoms with Crippen molar-refractivity contribution in [3.05, 3.63) is 34.7 Å². The van der Waals surface area contributed by atoms with Crippen LogP contribution < -0.4 is 5.73 Å². The van der Waals surface area contributed by atoms with Gasteiger partial charge >= 0.3 is 5.97 Å². The predicted molar refractivity (Wildman–Crippen MR) is 65.6 cm³/mol. The Morgan fingerprint density at radius 1 is 1.53 bits per heavy atom. The van der Waals surface area contributed by atoms with E-state index in [1.165, 1.54) is 9.56 Å². The lowest BCUT2D eigenvalue weighted by atomic mass is 10.4. The molecule has 0 aliphatic carbocycles. The summed E-state index contributed by atoms with van der Waals surface area (Å²) in [4.78, 5) is 12.6. The van der Waals surface area contributed by atoms with Crippen molar-refractivity contribution in [2.45, 2.75) is 13.0 Å². The first kappa shape index (κ1) is 11.7. The van der Waals surface area contributed by atoms with Gasteiger partial charge in [-0.1, -0.05) is 6.07 Å². The molecule has 2 aromatic heterocycles. The van der Waals surface area contributed by atoms with E-state index in [-0.39, 0.29) is 12.5 Å². The van der Waals surface area contributed by atoms with E-state index in [1.807, 2.05) is 17.5 Å². The van der Waals surface area contributed by atoms with Gasteiger partial charge in [0.1, 0.15) is 12.4 Å². The number of ether oxygens (including phenoxy) is 1. The van der Waals surface area contributed by atoms with Crippen LogP contribution in [0.5, 0.6) is 0 Å². The maximum absolute atomic E-state index is 11.4. The van der Waals surface area contributed by atoms with E-state index in [4.69, 9.17) is 10.5 Å². The summed E-state index contributed by atoms with van der Waals surface area (Å²) in [7, 11) is 0. The normalized spacial score (nSPS) is 10.4. The van der Waals surface area contributed by atoms with Gasteiger partial charge in [-0.05, 0) is 17.5 Å². The lowest BCUT2D eigenvalue weighted by Crippen LogP contribution is -2.15. The summed E-state index contributed by atoms with van der Waals surface area (Å²) in [5, 5.41) is 5.91. The number of hydrogen-bond donors (Lipinski definition) is 1. The van der Waals surface area contributed by atoms with Gasteiger partial charge in [-0.15, -0.1) is 11.3 Å². The summed E-state index contributed by atoms with van der Waals surface area (Å²) in [6.45, 7) is 0.498. The molecule has 0 aliphatic heterocycles. The molecule has 90 valence electrons. The zero-order chi connectivity index (χ0) is 12.1. The van der Waals surface area contributed by atoms with Gasteiger partial charge in [0.15, 0.2) is 0 Å². The van der Waals surface area contributed by atoms with Crippen molar-refractivity contribution >= 4 is 23.1 Å². The molecule has 2 rings (SSSR count). The Kier molecular flexibility index (Phi) is 3.77. The number of nitrogens with zero attached hydrogens (tertiary/aromatic N) is 2. The highest BCUT2D eigenvalue weighted by molar-refractivity contribution is 7.09. The molecular weight excluding hydrogens is 238 g/mol. The molecule has 0 amide bonds. The van der Waals surface area contributed by atoms with Crippen molar-refractivity contribution in [3.63, 3.8) is 0 Å². The van der Waals surface area contributed by atoms with Crippen LogP contribution in [0.15, 0.2) is 29.8 Å². The Hall–Kier alpha value is -1.82. The van der Waals surface area contributed by atoms with Crippen molar-refractivity contribution in [3.8, 4) is 0 Å². The van der Waals surface area contributed by atoms with Crippen LogP contribution in [-0.2, 0) is 22.5 Å². The van der Waals surface area contributed by atoms with Crippen molar-refractivity contribution in [2.24, 2.45) is 0 Å². The lowest BCUT2D eigenvalue weighted by molar-refractivity contribution is -0.144. The van der Waals surface area contributed by atoms with Crippen LogP contribution >= 0.6 is 11.3 Å². The number of rotatable bonds is 5. The summed E-state index contributed by atoms with van der Waals surface area (Å²) in [5.74, 6) is 0.0982. The fourth-order valence-electron chi connectivity index (χ4n) is 1.36. The summed E-state index contributed by atoms with van der Waals surface area (Å²) in [6.07, 6.45) is 2.40. The molecule has 5 nitrogen and oxygen atoms in total. The minimum atomic E-state index is -0.301. The first-order valence-corrected chi connectivity index (χ1v) is 6.09. The molecule has 0 aliphatic rings. The molecule has 0 saturated heterocycles. The van der Waals surface area contributed by atoms with E-state index in [1.54, 1.807) is 23.6 Å². The fourth-order valence-corrected chi connectivity index (χ4v) is 2.05. The summed E-state index contributed by atoms with van der Waals surface area (Å²) >= 11 is 1.66. The fraction of sp³-hybridized carbons (Fsp3) is 0.273. The number of hydrogen-bond acceptors (Lipinski definition) is 5. The Balaban J connectivity index is 1.71. The SMILES string of the molecule is Nc1ccn(CC(=O)OCCc2cccs2)n1. The van der Waals surface area contributed by atoms with Crippen LogP contribution in [-0.4, -0.2) is 22.4 Å². The molecule has 0 bridgehead atoms. The van der Waals surface area contributed by atoms with Crippen molar-refractivity contribution < 1.29 is 9.53 Å². The van der Waals surface area contributed by atoms with Crippen LogP contribution in [0.4, 0.5) is 5.82 Å². The molecule has 0 fully saturated rings. The molecule has 0 unspecified atom stereocenters. The average molecular weight is 251 g/mol. The lowest BCUT2D eigenvalue weighted by Gasteiger charge is -2.03. The number of aromatic nitrogens is 2. The van der Waals surface area contributed by atoms with Crippen LogP contribution in [0.3, 0.4) is 0 Å². The third kappa shape index (κ3) is 3.60. The second kappa shape index (κ2) is 5.49.